The molecular formula is C19H26N2O2. The average molecular weight is 314 g/mol. The monoisotopic (exact) mass is 314 g/mol. The summed E-state index contributed by atoms with van der Waals surface area (Å²) in [6, 6.07) is 7.76. The van der Waals surface area contributed by atoms with Crippen molar-refractivity contribution in [2.75, 3.05) is 13.2 Å². The van der Waals surface area contributed by atoms with Gasteiger partial charge in [0.15, 0.2) is 0 Å². The summed E-state index contributed by atoms with van der Waals surface area (Å²) in [6.45, 7) is 3.34. The zero-order chi connectivity index (χ0) is 16.1. The molecule has 1 aromatic carbocycles. The highest BCUT2D eigenvalue weighted by Gasteiger charge is 2.27. The molecule has 2 atom stereocenters. The molecule has 1 aromatic rings. The SMILES string of the molecule is CCOC(=O)c1ccc(CCC2=NC3NCCCC3CC2)cc1. The standard InChI is InChI=1S/C19H26N2O2/c1-2-23-19(22)16-8-5-14(6-9-16)7-11-17-12-10-15-4-3-13-20-18(15)21-17/h5-6,8-9,15,18,20H,2-4,7,10-13H2,1H3. The third kappa shape index (κ3) is 4.20. The number of aryl methyl sites for hydroxylation is 1. The number of aliphatic imine (C=N–C) groups is 1. The van der Waals surface area contributed by atoms with Gasteiger partial charge >= 0.3 is 5.97 Å². The van der Waals surface area contributed by atoms with E-state index in [-0.39, 0.29) is 5.97 Å². The maximum absolute atomic E-state index is 11.6. The molecule has 4 nitrogen and oxygen atoms in total. The van der Waals surface area contributed by atoms with Crippen molar-refractivity contribution in [3.8, 4) is 0 Å². The Balaban J connectivity index is 1.54. The van der Waals surface area contributed by atoms with E-state index < -0.39 is 0 Å². The maximum Gasteiger partial charge on any atom is 0.338 e. The predicted octanol–water partition coefficient (Wildman–Crippen LogP) is 3.36. The molecule has 2 aliphatic heterocycles. The highest BCUT2D eigenvalue weighted by atomic mass is 16.5. The Bertz CT molecular complexity index is 565. The second-order valence-corrected chi connectivity index (χ2v) is 6.45. The maximum atomic E-state index is 11.6. The lowest BCUT2D eigenvalue weighted by Crippen LogP contribution is -2.42. The third-order valence-electron chi connectivity index (χ3n) is 4.84. The Morgan fingerprint density at radius 3 is 2.87 bits per heavy atom. The molecule has 0 spiro atoms. The second-order valence-electron chi connectivity index (χ2n) is 6.45. The first-order valence-corrected chi connectivity index (χ1v) is 8.81. The fourth-order valence-electron chi connectivity index (χ4n) is 3.51. The molecule has 1 fully saturated rings. The van der Waals surface area contributed by atoms with Crippen LogP contribution in [0.25, 0.3) is 0 Å². The Morgan fingerprint density at radius 1 is 1.26 bits per heavy atom. The molecule has 0 aromatic heterocycles. The highest BCUT2D eigenvalue weighted by molar-refractivity contribution is 5.89. The molecule has 124 valence electrons. The first kappa shape index (κ1) is 16.2. The number of benzene rings is 1. The summed E-state index contributed by atoms with van der Waals surface area (Å²) in [5.41, 5.74) is 3.22. The summed E-state index contributed by atoms with van der Waals surface area (Å²) in [6.07, 6.45) is 7.40. The molecule has 3 rings (SSSR count). The van der Waals surface area contributed by atoms with Gasteiger partial charge in [-0.15, -0.1) is 0 Å². The minimum absolute atomic E-state index is 0.245. The van der Waals surface area contributed by atoms with Gasteiger partial charge in [0.2, 0.25) is 0 Å². The minimum Gasteiger partial charge on any atom is -0.462 e. The van der Waals surface area contributed by atoms with Gasteiger partial charge in [0.25, 0.3) is 0 Å². The number of rotatable bonds is 5. The molecule has 1 saturated heterocycles. The van der Waals surface area contributed by atoms with E-state index in [9.17, 15) is 4.79 Å². The Hall–Kier alpha value is -1.68. The van der Waals surface area contributed by atoms with Crippen molar-refractivity contribution in [2.24, 2.45) is 10.9 Å². The largest absolute Gasteiger partial charge is 0.462 e. The van der Waals surface area contributed by atoms with Gasteiger partial charge < -0.3 is 4.74 Å². The van der Waals surface area contributed by atoms with Gasteiger partial charge in [-0.1, -0.05) is 12.1 Å². The Morgan fingerprint density at radius 2 is 2.09 bits per heavy atom. The molecule has 2 unspecified atom stereocenters. The van der Waals surface area contributed by atoms with Crippen LogP contribution in [0.5, 0.6) is 0 Å². The lowest BCUT2D eigenvalue weighted by atomic mass is 9.87. The summed E-state index contributed by atoms with van der Waals surface area (Å²) >= 11 is 0. The summed E-state index contributed by atoms with van der Waals surface area (Å²) in [5.74, 6) is 0.501. The molecule has 0 aliphatic carbocycles. The number of nitrogens with zero attached hydrogens (tertiary/aromatic N) is 1. The third-order valence-corrected chi connectivity index (χ3v) is 4.84. The van der Waals surface area contributed by atoms with E-state index in [1.807, 2.05) is 31.2 Å². The molecule has 2 aliphatic rings. The van der Waals surface area contributed by atoms with Crippen LogP contribution in [0.15, 0.2) is 29.3 Å². The fraction of sp³-hybridized carbons (Fsp3) is 0.579. The molecule has 23 heavy (non-hydrogen) atoms. The summed E-state index contributed by atoms with van der Waals surface area (Å²) in [5, 5.41) is 3.54. The Labute approximate surface area is 138 Å². The van der Waals surface area contributed by atoms with Gasteiger partial charge in [-0.25, -0.2) is 4.79 Å². The van der Waals surface area contributed by atoms with Crippen LogP contribution in [0.3, 0.4) is 0 Å². The van der Waals surface area contributed by atoms with E-state index in [0.29, 0.717) is 18.3 Å². The van der Waals surface area contributed by atoms with Crippen molar-refractivity contribution < 1.29 is 9.53 Å². The van der Waals surface area contributed by atoms with E-state index in [0.717, 1.165) is 31.7 Å². The Kier molecular flexibility index (Phi) is 5.44. The van der Waals surface area contributed by atoms with Crippen molar-refractivity contribution in [2.45, 2.75) is 51.6 Å². The van der Waals surface area contributed by atoms with E-state index in [1.54, 1.807) is 0 Å². The average Bonchev–Trinajstić information content (AvgIpc) is 2.60. The van der Waals surface area contributed by atoms with Crippen LogP contribution in [-0.4, -0.2) is 31.0 Å². The summed E-state index contributed by atoms with van der Waals surface area (Å²) in [4.78, 5) is 16.6. The quantitative estimate of drug-likeness (QED) is 0.848. The molecule has 2 heterocycles. The minimum atomic E-state index is -0.245. The van der Waals surface area contributed by atoms with Gasteiger partial charge in [0, 0.05) is 5.71 Å². The van der Waals surface area contributed by atoms with Crippen molar-refractivity contribution in [1.82, 2.24) is 5.32 Å². The number of piperidine rings is 1. The molecule has 0 radical (unpaired) electrons. The first-order chi connectivity index (χ1) is 11.3. The van der Waals surface area contributed by atoms with Crippen LogP contribution >= 0.6 is 0 Å². The number of hydrogen-bond acceptors (Lipinski definition) is 4. The van der Waals surface area contributed by atoms with Crippen LogP contribution in [0.2, 0.25) is 0 Å². The predicted molar refractivity (Wildman–Crippen MR) is 91.9 cm³/mol. The van der Waals surface area contributed by atoms with Crippen LogP contribution in [0.4, 0.5) is 0 Å². The van der Waals surface area contributed by atoms with E-state index in [2.05, 4.69) is 5.32 Å². The number of ether oxygens (including phenoxy) is 1. The zero-order valence-electron chi connectivity index (χ0n) is 13.9. The van der Waals surface area contributed by atoms with Gasteiger partial charge in [-0.2, -0.15) is 0 Å². The number of esters is 1. The van der Waals surface area contributed by atoms with Crippen molar-refractivity contribution in [3.05, 3.63) is 35.4 Å². The van der Waals surface area contributed by atoms with Crippen molar-refractivity contribution in [3.63, 3.8) is 0 Å². The molecule has 4 heteroatoms. The number of hydrogen-bond donors (Lipinski definition) is 1. The number of carbonyl (C=O) groups excluding carboxylic acids is 1. The lowest BCUT2D eigenvalue weighted by Gasteiger charge is -2.34. The number of nitrogens with one attached hydrogen (secondary N) is 1. The van der Waals surface area contributed by atoms with Crippen LogP contribution < -0.4 is 5.32 Å². The fourth-order valence-corrected chi connectivity index (χ4v) is 3.51. The van der Waals surface area contributed by atoms with Crippen molar-refractivity contribution >= 4 is 11.7 Å². The van der Waals surface area contributed by atoms with Crippen LogP contribution in [0, 0.1) is 5.92 Å². The summed E-state index contributed by atoms with van der Waals surface area (Å²) in [7, 11) is 0. The number of carbonyl (C=O) groups is 1. The highest BCUT2D eigenvalue weighted by Crippen LogP contribution is 2.27. The van der Waals surface area contributed by atoms with Gasteiger partial charge in [-0.3, -0.25) is 10.3 Å². The normalized spacial score (nSPS) is 23.8. The topological polar surface area (TPSA) is 50.7 Å². The molecule has 0 amide bonds. The molecular weight excluding hydrogens is 288 g/mol. The van der Waals surface area contributed by atoms with E-state index in [4.69, 9.17) is 9.73 Å². The number of fused-ring (bicyclic) bond motifs is 1. The smallest absolute Gasteiger partial charge is 0.338 e. The van der Waals surface area contributed by atoms with Crippen molar-refractivity contribution in [1.29, 1.82) is 0 Å². The van der Waals surface area contributed by atoms with E-state index >= 15 is 0 Å². The van der Waals surface area contributed by atoms with Gasteiger partial charge in [0.1, 0.15) is 6.17 Å². The molecule has 1 N–H and O–H groups in total. The van der Waals surface area contributed by atoms with Crippen LogP contribution in [-0.2, 0) is 11.2 Å². The van der Waals surface area contributed by atoms with Gasteiger partial charge in [-0.05, 0) is 75.6 Å². The molecule has 0 bridgehead atoms. The first-order valence-electron chi connectivity index (χ1n) is 8.81. The summed E-state index contributed by atoms with van der Waals surface area (Å²) < 4.78 is 5.01. The lowest BCUT2D eigenvalue weighted by molar-refractivity contribution is 0.0526. The second kappa shape index (κ2) is 7.73. The zero-order valence-corrected chi connectivity index (χ0v) is 13.9. The van der Waals surface area contributed by atoms with Gasteiger partial charge in [0.05, 0.1) is 12.2 Å². The van der Waals surface area contributed by atoms with E-state index in [1.165, 1.54) is 30.5 Å². The molecule has 0 saturated carbocycles. The van der Waals surface area contributed by atoms with Crippen LogP contribution in [0.1, 0.15) is 54.9 Å².